The Labute approximate surface area is 127 Å². The zero-order chi connectivity index (χ0) is 14.6. The molecule has 4 nitrogen and oxygen atoms in total. The maximum Gasteiger partial charge on any atom is 0.238 e. The first-order chi connectivity index (χ1) is 9.50. The van der Waals surface area contributed by atoms with Gasteiger partial charge >= 0.3 is 0 Å². The molecule has 0 fully saturated rings. The summed E-state index contributed by atoms with van der Waals surface area (Å²) in [7, 11) is -3.72. The van der Waals surface area contributed by atoms with Gasteiger partial charge in [-0.25, -0.2) is 13.6 Å². The average molecular weight is 355 g/mol. The lowest BCUT2D eigenvalue weighted by molar-refractivity contribution is 0.597. The van der Waals surface area contributed by atoms with Crippen molar-refractivity contribution in [2.75, 3.05) is 5.32 Å². The number of benzene rings is 2. The molecule has 0 spiro atoms. The van der Waals surface area contributed by atoms with E-state index < -0.39 is 10.0 Å². The number of hydrogen-bond donors (Lipinski definition) is 2. The van der Waals surface area contributed by atoms with Crippen LogP contribution in [0, 0.1) is 0 Å². The molecule has 0 amide bonds. The average Bonchev–Trinajstić information content (AvgIpc) is 2.45. The third kappa shape index (κ3) is 3.82. The lowest BCUT2D eigenvalue weighted by Crippen LogP contribution is -2.14. The molecule has 0 radical (unpaired) electrons. The maximum atomic E-state index is 11.6. The number of rotatable bonds is 5. The summed E-state index contributed by atoms with van der Waals surface area (Å²) in [6.07, 6.45) is 0. The van der Waals surface area contributed by atoms with Crippen LogP contribution in [0.3, 0.4) is 0 Å². The van der Waals surface area contributed by atoms with E-state index in [-0.39, 0.29) is 4.90 Å². The Kier molecular flexibility index (Phi) is 4.80. The zero-order valence-corrected chi connectivity index (χ0v) is 13.1. The highest BCUT2D eigenvalue weighted by Gasteiger charge is 2.13. The number of nitrogens with one attached hydrogen (secondary N) is 1. The summed E-state index contributed by atoms with van der Waals surface area (Å²) in [4.78, 5) is 0.146. The molecule has 0 aromatic heterocycles. The van der Waals surface area contributed by atoms with Crippen molar-refractivity contribution >= 4 is 31.6 Å². The molecule has 0 saturated heterocycles. The summed E-state index contributed by atoms with van der Waals surface area (Å²) < 4.78 is 23.1. The van der Waals surface area contributed by atoms with Crippen LogP contribution < -0.4 is 10.5 Å². The third-order valence-electron chi connectivity index (χ3n) is 2.86. The van der Waals surface area contributed by atoms with Crippen molar-refractivity contribution in [2.45, 2.75) is 16.8 Å². The largest absolute Gasteiger partial charge is 0.381 e. The molecule has 3 N–H and O–H groups in total. The summed E-state index contributed by atoms with van der Waals surface area (Å²) >= 11 is 3.26. The molecule has 0 aliphatic carbocycles. The number of primary sulfonamides is 1. The second-order valence-electron chi connectivity index (χ2n) is 4.34. The maximum absolute atomic E-state index is 11.6. The second-order valence-corrected chi connectivity index (χ2v) is 6.43. The van der Waals surface area contributed by atoms with Gasteiger partial charge in [-0.05, 0) is 23.3 Å². The van der Waals surface area contributed by atoms with Gasteiger partial charge in [0, 0.05) is 17.6 Å². The molecule has 20 heavy (non-hydrogen) atoms. The van der Waals surface area contributed by atoms with Gasteiger partial charge in [0.15, 0.2) is 0 Å². The van der Waals surface area contributed by atoms with Crippen molar-refractivity contribution in [3.05, 3.63) is 59.7 Å². The molecular weight excluding hydrogens is 340 g/mol. The molecule has 2 rings (SSSR count). The van der Waals surface area contributed by atoms with Gasteiger partial charge in [-0.2, -0.15) is 0 Å². The van der Waals surface area contributed by atoms with Crippen LogP contribution in [0.5, 0.6) is 0 Å². The van der Waals surface area contributed by atoms with E-state index in [0.29, 0.717) is 17.4 Å². The van der Waals surface area contributed by atoms with E-state index in [1.807, 2.05) is 36.4 Å². The van der Waals surface area contributed by atoms with Gasteiger partial charge in [0.2, 0.25) is 10.0 Å². The fourth-order valence-corrected chi connectivity index (χ4v) is 3.31. The first-order valence-corrected chi connectivity index (χ1v) is 8.67. The number of nitrogens with two attached hydrogens (primary N) is 1. The number of anilines is 1. The van der Waals surface area contributed by atoms with E-state index >= 15 is 0 Å². The van der Waals surface area contributed by atoms with Crippen molar-refractivity contribution in [2.24, 2.45) is 5.14 Å². The molecule has 6 heteroatoms. The molecule has 2 aromatic rings. The lowest BCUT2D eigenvalue weighted by atomic mass is 10.2. The Bertz CT molecular complexity index is 688. The summed E-state index contributed by atoms with van der Waals surface area (Å²) in [6, 6.07) is 15.0. The Morgan fingerprint density at radius 3 is 2.40 bits per heavy atom. The molecule has 0 unspecified atom stereocenters. The Hall–Kier alpha value is -1.37. The SMILES string of the molecule is NS(=O)(=O)c1cc(NCc2ccccc2)ccc1CBr. The van der Waals surface area contributed by atoms with Crippen molar-refractivity contribution < 1.29 is 8.42 Å². The van der Waals surface area contributed by atoms with Gasteiger partial charge in [-0.1, -0.05) is 52.3 Å². The van der Waals surface area contributed by atoms with Crippen molar-refractivity contribution in [3.63, 3.8) is 0 Å². The molecule has 0 heterocycles. The first-order valence-electron chi connectivity index (χ1n) is 6.00. The number of hydrogen-bond acceptors (Lipinski definition) is 3. The summed E-state index contributed by atoms with van der Waals surface area (Å²) in [5.74, 6) is 0. The highest BCUT2D eigenvalue weighted by Crippen LogP contribution is 2.22. The smallest absolute Gasteiger partial charge is 0.238 e. The van der Waals surface area contributed by atoms with Crippen molar-refractivity contribution in [1.29, 1.82) is 0 Å². The van der Waals surface area contributed by atoms with Gasteiger partial charge in [0.25, 0.3) is 0 Å². The van der Waals surface area contributed by atoms with Gasteiger partial charge in [0.05, 0.1) is 4.90 Å². The van der Waals surface area contributed by atoms with Crippen molar-refractivity contribution in [1.82, 2.24) is 0 Å². The lowest BCUT2D eigenvalue weighted by Gasteiger charge is -2.10. The van der Waals surface area contributed by atoms with Crippen LogP contribution in [-0.4, -0.2) is 8.42 Å². The summed E-state index contributed by atoms with van der Waals surface area (Å²) in [5.41, 5.74) is 2.49. The molecule has 106 valence electrons. The molecular formula is C14H15BrN2O2S. The Balaban J connectivity index is 2.22. The first kappa shape index (κ1) is 15.0. The number of sulfonamides is 1. The monoisotopic (exact) mass is 354 g/mol. The second kappa shape index (κ2) is 6.39. The van der Waals surface area contributed by atoms with E-state index in [9.17, 15) is 8.42 Å². The van der Waals surface area contributed by atoms with E-state index in [2.05, 4.69) is 21.2 Å². The fraction of sp³-hybridized carbons (Fsp3) is 0.143. The normalized spacial score (nSPS) is 11.3. The molecule has 0 bridgehead atoms. The van der Waals surface area contributed by atoms with Gasteiger partial charge in [-0.3, -0.25) is 0 Å². The summed E-state index contributed by atoms with van der Waals surface area (Å²) in [6.45, 7) is 0.624. The standard InChI is InChI=1S/C14H15BrN2O2S/c15-9-12-6-7-13(8-14(12)20(16,18)19)17-10-11-4-2-1-3-5-11/h1-8,17H,9-10H2,(H2,16,18,19). The minimum Gasteiger partial charge on any atom is -0.381 e. The van der Waals surface area contributed by atoms with Gasteiger partial charge < -0.3 is 5.32 Å². The van der Waals surface area contributed by atoms with Crippen LogP contribution in [-0.2, 0) is 21.9 Å². The van der Waals surface area contributed by atoms with E-state index in [1.54, 1.807) is 12.1 Å². The van der Waals surface area contributed by atoms with Crippen LogP contribution in [0.25, 0.3) is 0 Å². The molecule has 0 aliphatic rings. The number of alkyl halides is 1. The van der Waals surface area contributed by atoms with Crippen LogP contribution in [0.1, 0.15) is 11.1 Å². The minimum absolute atomic E-state index is 0.146. The molecule has 2 aromatic carbocycles. The van der Waals surface area contributed by atoms with Crippen LogP contribution in [0.2, 0.25) is 0 Å². The number of halogens is 1. The summed E-state index contributed by atoms with van der Waals surface area (Å²) in [5, 5.41) is 8.86. The van der Waals surface area contributed by atoms with E-state index in [0.717, 1.165) is 11.3 Å². The third-order valence-corrected chi connectivity index (χ3v) is 4.45. The van der Waals surface area contributed by atoms with Gasteiger partial charge in [0.1, 0.15) is 0 Å². The molecule has 0 atom stereocenters. The van der Waals surface area contributed by atoms with Crippen LogP contribution in [0.15, 0.2) is 53.4 Å². The molecule has 0 saturated carbocycles. The highest BCUT2D eigenvalue weighted by atomic mass is 79.9. The van der Waals surface area contributed by atoms with Crippen LogP contribution >= 0.6 is 15.9 Å². The fourth-order valence-electron chi connectivity index (χ4n) is 1.84. The van der Waals surface area contributed by atoms with E-state index in [4.69, 9.17) is 5.14 Å². The van der Waals surface area contributed by atoms with Crippen LogP contribution in [0.4, 0.5) is 5.69 Å². The van der Waals surface area contributed by atoms with Gasteiger partial charge in [-0.15, -0.1) is 0 Å². The predicted molar refractivity (Wildman–Crippen MR) is 84.2 cm³/mol. The minimum atomic E-state index is -3.72. The zero-order valence-electron chi connectivity index (χ0n) is 10.7. The predicted octanol–water partition coefficient (Wildman–Crippen LogP) is 2.84. The Morgan fingerprint density at radius 1 is 1.10 bits per heavy atom. The van der Waals surface area contributed by atoms with Crippen molar-refractivity contribution in [3.8, 4) is 0 Å². The Morgan fingerprint density at radius 2 is 1.80 bits per heavy atom. The van der Waals surface area contributed by atoms with E-state index in [1.165, 1.54) is 0 Å². The quantitative estimate of drug-likeness (QED) is 0.810. The topological polar surface area (TPSA) is 72.2 Å². The molecule has 0 aliphatic heterocycles. The highest BCUT2D eigenvalue weighted by molar-refractivity contribution is 9.08.